The molecular formula is C26H28N2O2S. The van der Waals surface area contributed by atoms with Crippen molar-refractivity contribution in [3.63, 3.8) is 0 Å². The molecule has 1 aromatic carbocycles. The number of para-hydroxylation sites is 1. The number of carbonyl (C=O) groups is 1. The van der Waals surface area contributed by atoms with E-state index in [4.69, 9.17) is 4.98 Å². The van der Waals surface area contributed by atoms with Crippen LogP contribution in [0.1, 0.15) is 53.6 Å². The summed E-state index contributed by atoms with van der Waals surface area (Å²) in [6.45, 7) is 7.32. The Hall–Kier alpha value is -2.66. The molecule has 0 unspecified atom stereocenters. The molecule has 4 nitrogen and oxygen atoms in total. The fourth-order valence-electron chi connectivity index (χ4n) is 5.34. The third-order valence-corrected chi connectivity index (χ3v) is 7.85. The molecule has 0 fully saturated rings. The molecule has 0 saturated carbocycles. The average molecular weight is 433 g/mol. The lowest BCUT2D eigenvalue weighted by atomic mass is 9.88. The molecule has 160 valence electrons. The SMILES string of the molecule is CCCn1c(C)c(-c2c(CC(=O)O)c(C)nc3sc4c(c23)CCCC4)c2ccccc21. The van der Waals surface area contributed by atoms with Crippen molar-refractivity contribution in [1.82, 2.24) is 9.55 Å². The van der Waals surface area contributed by atoms with E-state index in [1.165, 1.54) is 50.8 Å². The maximum Gasteiger partial charge on any atom is 0.307 e. The number of carboxylic acids is 1. The van der Waals surface area contributed by atoms with Crippen LogP contribution in [0.4, 0.5) is 0 Å². The number of rotatable bonds is 5. The highest BCUT2D eigenvalue weighted by molar-refractivity contribution is 7.19. The summed E-state index contributed by atoms with van der Waals surface area (Å²) in [5, 5.41) is 12.2. The molecule has 4 aromatic rings. The standard InChI is InChI=1S/C26H28N2O2S/c1-4-13-28-16(3)23(17-9-5-7-11-20(17)28)24-19(14-22(29)30)15(2)27-26-25(24)18-10-6-8-12-21(18)31-26/h5,7,9,11H,4,6,8,10,12-14H2,1-3H3,(H,29,30). The monoisotopic (exact) mass is 432 g/mol. The Morgan fingerprint density at radius 3 is 2.71 bits per heavy atom. The molecular weight excluding hydrogens is 404 g/mol. The Balaban J connectivity index is 1.95. The van der Waals surface area contributed by atoms with Gasteiger partial charge in [-0.3, -0.25) is 4.79 Å². The summed E-state index contributed by atoms with van der Waals surface area (Å²) in [6, 6.07) is 8.56. The predicted octanol–water partition coefficient (Wildman–Crippen LogP) is 6.45. The summed E-state index contributed by atoms with van der Waals surface area (Å²) < 4.78 is 2.40. The molecule has 3 aromatic heterocycles. The van der Waals surface area contributed by atoms with E-state index in [9.17, 15) is 9.90 Å². The molecule has 5 heteroatoms. The van der Waals surface area contributed by atoms with E-state index < -0.39 is 5.97 Å². The zero-order valence-corrected chi connectivity index (χ0v) is 19.2. The Labute approximate surface area is 186 Å². The highest BCUT2D eigenvalue weighted by Crippen LogP contribution is 2.46. The average Bonchev–Trinajstić information content (AvgIpc) is 3.24. The second-order valence-corrected chi connectivity index (χ2v) is 9.73. The number of fused-ring (bicyclic) bond motifs is 4. The van der Waals surface area contributed by atoms with Crippen molar-refractivity contribution in [3.8, 4) is 11.1 Å². The summed E-state index contributed by atoms with van der Waals surface area (Å²) in [5.41, 5.74) is 7.88. The lowest BCUT2D eigenvalue weighted by Crippen LogP contribution is -2.07. The van der Waals surface area contributed by atoms with Crippen LogP contribution in [-0.2, 0) is 30.6 Å². The second kappa shape index (κ2) is 7.79. The van der Waals surface area contributed by atoms with Gasteiger partial charge in [-0.25, -0.2) is 4.98 Å². The van der Waals surface area contributed by atoms with E-state index in [1.54, 1.807) is 0 Å². The zero-order chi connectivity index (χ0) is 21.7. The smallest absolute Gasteiger partial charge is 0.307 e. The van der Waals surface area contributed by atoms with Crippen LogP contribution in [0.15, 0.2) is 24.3 Å². The quantitative estimate of drug-likeness (QED) is 0.394. The summed E-state index contributed by atoms with van der Waals surface area (Å²) in [7, 11) is 0. The lowest BCUT2D eigenvalue weighted by molar-refractivity contribution is -0.136. The Kier molecular flexibility index (Phi) is 5.09. The summed E-state index contributed by atoms with van der Waals surface area (Å²) in [4.78, 5) is 19.3. The molecule has 0 bridgehead atoms. The number of pyridine rings is 1. The van der Waals surface area contributed by atoms with Gasteiger partial charge in [-0.2, -0.15) is 0 Å². The number of nitrogens with zero attached hydrogens (tertiary/aromatic N) is 2. The Bertz CT molecular complexity index is 1330. The van der Waals surface area contributed by atoms with Crippen molar-refractivity contribution in [1.29, 1.82) is 0 Å². The van der Waals surface area contributed by atoms with Gasteiger partial charge in [-0.1, -0.05) is 25.1 Å². The van der Waals surface area contributed by atoms with Crippen molar-refractivity contribution in [2.75, 3.05) is 0 Å². The van der Waals surface area contributed by atoms with Gasteiger partial charge in [-0.15, -0.1) is 11.3 Å². The number of hydrogen-bond acceptors (Lipinski definition) is 3. The molecule has 5 rings (SSSR count). The molecule has 31 heavy (non-hydrogen) atoms. The number of aliphatic carboxylic acids is 1. The predicted molar refractivity (Wildman–Crippen MR) is 128 cm³/mol. The van der Waals surface area contributed by atoms with Gasteiger partial charge in [0.15, 0.2) is 0 Å². The maximum absolute atomic E-state index is 11.9. The van der Waals surface area contributed by atoms with E-state index in [0.29, 0.717) is 0 Å². The Morgan fingerprint density at radius 2 is 1.94 bits per heavy atom. The number of carboxylic acid groups (broad SMARTS) is 1. The van der Waals surface area contributed by atoms with Crippen LogP contribution in [-0.4, -0.2) is 20.6 Å². The minimum Gasteiger partial charge on any atom is -0.481 e. The summed E-state index contributed by atoms with van der Waals surface area (Å²) in [5.74, 6) is -0.801. The maximum atomic E-state index is 11.9. The second-order valence-electron chi connectivity index (χ2n) is 8.64. The number of aromatic nitrogens is 2. The number of benzene rings is 1. The van der Waals surface area contributed by atoms with Crippen molar-refractivity contribution >= 4 is 38.4 Å². The molecule has 1 aliphatic carbocycles. The molecule has 0 saturated heterocycles. The van der Waals surface area contributed by atoms with E-state index in [-0.39, 0.29) is 6.42 Å². The number of hydrogen-bond donors (Lipinski definition) is 1. The van der Waals surface area contributed by atoms with Crippen molar-refractivity contribution in [3.05, 3.63) is 51.7 Å². The van der Waals surface area contributed by atoms with Gasteiger partial charge in [0, 0.05) is 50.2 Å². The molecule has 0 spiro atoms. The highest BCUT2D eigenvalue weighted by atomic mass is 32.1. The first-order chi connectivity index (χ1) is 15.0. The fraction of sp³-hybridized carbons (Fsp3) is 0.385. The first-order valence-corrected chi connectivity index (χ1v) is 12.1. The molecule has 0 atom stereocenters. The molecule has 0 radical (unpaired) electrons. The first kappa shape index (κ1) is 20.3. The molecule has 0 aliphatic heterocycles. The van der Waals surface area contributed by atoms with E-state index in [1.807, 2.05) is 18.3 Å². The first-order valence-electron chi connectivity index (χ1n) is 11.2. The van der Waals surface area contributed by atoms with Gasteiger partial charge in [-0.05, 0) is 63.1 Å². The molecule has 0 amide bonds. The fourth-order valence-corrected chi connectivity index (χ4v) is 6.66. The molecule has 1 N–H and O–H groups in total. The largest absolute Gasteiger partial charge is 0.481 e. The minimum atomic E-state index is -0.801. The van der Waals surface area contributed by atoms with Crippen LogP contribution >= 0.6 is 11.3 Å². The van der Waals surface area contributed by atoms with Crippen molar-refractivity contribution in [2.45, 2.75) is 65.8 Å². The zero-order valence-electron chi connectivity index (χ0n) is 18.4. The Morgan fingerprint density at radius 1 is 1.16 bits per heavy atom. The summed E-state index contributed by atoms with van der Waals surface area (Å²) in [6.07, 6.45) is 5.65. The van der Waals surface area contributed by atoms with Crippen LogP contribution in [0.3, 0.4) is 0 Å². The van der Waals surface area contributed by atoms with Crippen molar-refractivity contribution in [2.24, 2.45) is 0 Å². The summed E-state index contributed by atoms with van der Waals surface area (Å²) >= 11 is 1.81. The normalized spacial score (nSPS) is 13.8. The van der Waals surface area contributed by atoms with Crippen LogP contribution in [0, 0.1) is 13.8 Å². The topological polar surface area (TPSA) is 55.1 Å². The highest BCUT2D eigenvalue weighted by Gasteiger charge is 2.27. The van der Waals surface area contributed by atoms with Crippen molar-refractivity contribution < 1.29 is 9.90 Å². The van der Waals surface area contributed by atoms with Gasteiger partial charge in [0.1, 0.15) is 4.83 Å². The van der Waals surface area contributed by atoms with Gasteiger partial charge >= 0.3 is 5.97 Å². The van der Waals surface area contributed by atoms with Crippen LogP contribution in [0.2, 0.25) is 0 Å². The van der Waals surface area contributed by atoms with Gasteiger partial charge < -0.3 is 9.67 Å². The number of thiophene rings is 1. The molecule has 1 aliphatic rings. The van der Waals surface area contributed by atoms with E-state index in [0.717, 1.165) is 47.5 Å². The number of aryl methyl sites for hydroxylation is 4. The van der Waals surface area contributed by atoms with Gasteiger partial charge in [0.2, 0.25) is 0 Å². The van der Waals surface area contributed by atoms with Crippen LogP contribution in [0.25, 0.3) is 32.2 Å². The van der Waals surface area contributed by atoms with E-state index >= 15 is 0 Å². The van der Waals surface area contributed by atoms with Crippen LogP contribution < -0.4 is 0 Å². The minimum absolute atomic E-state index is 0.00144. The van der Waals surface area contributed by atoms with Gasteiger partial charge in [0.05, 0.1) is 6.42 Å². The lowest BCUT2D eigenvalue weighted by Gasteiger charge is -2.17. The van der Waals surface area contributed by atoms with E-state index in [2.05, 4.69) is 42.7 Å². The third-order valence-electron chi connectivity index (χ3n) is 6.67. The molecule has 3 heterocycles. The van der Waals surface area contributed by atoms with Crippen LogP contribution in [0.5, 0.6) is 0 Å². The third kappa shape index (κ3) is 3.18. The van der Waals surface area contributed by atoms with Gasteiger partial charge in [0.25, 0.3) is 0 Å².